The van der Waals surface area contributed by atoms with Crippen LogP contribution in [0.5, 0.6) is 5.75 Å². The van der Waals surface area contributed by atoms with Crippen molar-refractivity contribution in [2.75, 3.05) is 6.61 Å². The Balaban J connectivity index is 1.91. The maximum Gasteiger partial charge on any atom is 0.422 e. The molecular weight excluding hydrogens is 303 g/mol. The van der Waals surface area contributed by atoms with E-state index in [-0.39, 0.29) is 11.8 Å². The molecule has 0 fully saturated rings. The highest BCUT2D eigenvalue weighted by molar-refractivity contribution is 5.29. The lowest BCUT2D eigenvalue weighted by molar-refractivity contribution is -0.153. The van der Waals surface area contributed by atoms with Gasteiger partial charge in [-0.15, -0.1) is 0 Å². The molecule has 1 unspecified atom stereocenters. The number of hydrogen-bond donors (Lipinski definition) is 1. The van der Waals surface area contributed by atoms with Crippen molar-refractivity contribution >= 4 is 0 Å². The fraction of sp³-hybridized carbons (Fsp3) is 0.333. The summed E-state index contributed by atoms with van der Waals surface area (Å²) in [6, 6.07) is 15.1. The molecule has 0 amide bonds. The second-order valence-corrected chi connectivity index (χ2v) is 5.56. The second-order valence-electron chi connectivity index (χ2n) is 5.56. The predicted molar refractivity (Wildman–Crippen MR) is 84.4 cm³/mol. The Kier molecular flexibility index (Phi) is 5.66. The number of halogens is 3. The van der Waals surface area contributed by atoms with Gasteiger partial charge in [0.05, 0.1) is 0 Å². The fourth-order valence-electron chi connectivity index (χ4n) is 2.15. The lowest BCUT2D eigenvalue weighted by Crippen LogP contribution is -2.20. The van der Waals surface area contributed by atoms with Crippen LogP contribution in [-0.4, -0.2) is 12.8 Å². The summed E-state index contributed by atoms with van der Waals surface area (Å²) in [4.78, 5) is 0. The first-order valence-electron chi connectivity index (χ1n) is 7.42. The summed E-state index contributed by atoms with van der Waals surface area (Å²) >= 11 is 0. The van der Waals surface area contributed by atoms with E-state index in [4.69, 9.17) is 4.74 Å². The van der Waals surface area contributed by atoms with Gasteiger partial charge in [0.1, 0.15) is 5.75 Å². The number of benzene rings is 2. The van der Waals surface area contributed by atoms with Crippen LogP contribution in [0.3, 0.4) is 0 Å². The highest BCUT2D eigenvalue weighted by Gasteiger charge is 2.28. The summed E-state index contributed by atoms with van der Waals surface area (Å²) < 4.78 is 41.3. The van der Waals surface area contributed by atoms with Crippen molar-refractivity contribution in [2.45, 2.75) is 32.6 Å². The van der Waals surface area contributed by atoms with Crippen molar-refractivity contribution in [2.24, 2.45) is 0 Å². The quantitative estimate of drug-likeness (QED) is 0.825. The summed E-state index contributed by atoms with van der Waals surface area (Å²) in [6.07, 6.45) is -4.33. The Morgan fingerprint density at radius 2 is 1.78 bits per heavy atom. The molecule has 2 aromatic carbocycles. The maximum atomic E-state index is 12.2. The van der Waals surface area contributed by atoms with Gasteiger partial charge in [0, 0.05) is 12.6 Å². The summed E-state index contributed by atoms with van der Waals surface area (Å²) in [7, 11) is 0. The van der Waals surface area contributed by atoms with Gasteiger partial charge in [0.25, 0.3) is 0 Å². The molecular formula is C18H20F3NO. The predicted octanol–water partition coefficient (Wildman–Crippen LogP) is 4.79. The van der Waals surface area contributed by atoms with Crippen molar-refractivity contribution in [3.05, 3.63) is 65.2 Å². The Morgan fingerprint density at radius 1 is 1.09 bits per heavy atom. The van der Waals surface area contributed by atoms with Crippen LogP contribution in [0.2, 0.25) is 0 Å². The minimum atomic E-state index is -4.33. The smallest absolute Gasteiger partial charge is 0.422 e. The number of nitrogens with one attached hydrogen (secondary N) is 1. The van der Waals surface area contributed by atoms with Gasteiger partial charge >= 0.3 is 6.18 Å². The molecule has 0 aliphatic heterocycles. The van der Waals surface area contributed by atoms with E-state index in [0.717, 1.165) is 5.56 Å². The van der Waals surface area contributed by atoms with Crippen molar-refractivity contribution in [3.63, 3.8) is 0 Å². The van der Waals surface area contributed by atoms with Crippen LogP contribution >= 0.6 is 0 Å². The van der Waals surface area contributed by atoms with Gasteiger partial charge in [-0.3, -0.25) is 0 Å². The molecule has 0 radical (unpaired) electrons. The van der Waals surface area contributed by atoms with Crippen molar-refractivity contribution in [3.8, 4) is 5.75 Å². The van der Waals surface area contributed by atoms with Crippen LogP contribution in [-0.2, 0) is 6.54 Å². The SMILES string of the molecule is Cc1ccc(C(C)NCc2cccc(OCC(F)(F)F)c2)cc1. The molecule has 2 aromatic rings. The van der Waals surface area contributed by atoms with Crippen molar-refractivity contribution in [1.82, 2.24) is 5.32 Å². The lowest BCUT2D eigenvalue weighted by Gasteiger charge is -2.15. The molecule has 1 atom stereocenters. The van der Waals surface area contributed by atoms with E-state index in [2.05, 4.69) is 36.5 Å². The van der Waals surface area contributed by atoms with Gasteiger partial charge in [0.2, 0.25) is 0 Å². The van der Waals surface area contributed by atoms with Gasteiger partial charge in [-0.25, -0.2) is 0 Å². The second kappa shape index (κ2) is 7.51. The molecule has 0 saturated carbocycles. The van der Waals surface area contributed by atoms with Crippen LogP contribution in [0.1, 0.15) is 29.7 Å². The van der Waals surface area contributed by atoms with E-state index in [1.165, 1.54) is 17.2 Å². The van der Waals surface area contributed by atoms with E-state index in [0.29, 0.717) is 6.54 Å². The van der Waals surface area contributed by atoms with Gasteiger partial charge in [-0.1, -0.05) is 42.0 Å². The van der Waals surface area contributed by atoms with E-state index in [1.54, 1.807) is 12.1 Å². The number of aryl methyl sites for hydroxylation is 1. The Bertz CT molecular complexity index is 623. The first-order valence-corrected chi connectivity index (χ1v) is 7.42. The van der Waals surface area contributed by atoms with Gasteiger partial charge in [-0.05, 0) is 37.1 Å². The minimum Gasteiger partial charge on any atom is -0.484 e. The molecule has 1 N–H and O–H groups in total. The first kappa shape index (κ1) is 17.3. The average Bonchev–Trinajstić information content (AvgIpc) is 2.51. The summed E-state index contributed by atoms with van der Waals surface area (Å²) in [5.41, 5.74) is 3.25. The fourth-order valence-corrected chi connectivity index (χ4v) is 2.15. The van der Waals surface area contributed by atoms with E-state index >= 15 is 0 Å². The first-order chi connectivity index (χ1) is 10.8. The normalized spacial score (nSPS) is 12.9. The zero-order valence-corrected chi connectivity index (χ0v) is 13.2. The number of rotatable bonds is 6. The molecule has 2 nitrogen and oxygen atoms in total. The summed E-state index contributed by atoms with van der Waals surface area (Å²) in [6.45, 7) is 3.37. The highest BCUT2D eigenvalue weighted by Crippen LogP contribution is 2.20. The zero-order chi connectivity index (χ0) is 16.9. The molecule has 124 valence electrons. The average molecular weight is 323 g/mol. The third-order valence-corrected chi connectivity index (χ3v) is 3.49. The maximum absolute atomic E-state index is 12.2. The van der Waals surface area contributed by atoms with E-state index < -0.39 is 12.8 Å². The highest BCUT2D eigenvalue weighted by atomic mass is 19.4. The molecule has 0 saturated heterocycles. The Hall–Kier alpha value is -2.01. The molecule has 5 heteroatoms. The standard InChI is InChI=1S/C18H20F3NO/c1-13-6-8-16(9-7-13)14(2)22-11-15-4-3-5-17(10-15)23-12-18(19,20)21/h3-10,14,22H,11-12H2,1-2H3. The third-order valence-electron chi connectivity index (χ3n) is 3.49. The lowest BCUT2D eigenvalue weighted by atomic mass is 10.1. The van der Waals surface area contributed by atoms with E-state index in [1.807, 2.05) is 13.0 Å². The third kappa shape index (κ3) is 5.94. The molecule has 0 spiro atoms. The largest absolute Gasteiger partial charge is 0.484 e. The van der Waals surface area contributed by atoms with Crippen molar-refractivity contribution < 1.29 is 17.9 Å². The van der Waals surface area contributed by atoms with Crippen molar-refractivity contribution in [1.29, 1.82) is 0 Å². The van der Waals surface area contributed by atoms with Crippen LogP contribution in [0.15, 0.2) is 48.5 Å². The molecule has 0 aliphatic carbocycles. The van der Waals surface area contributed by atoms with Crippen LogP contribution in [0.25, 0.3) is 0 Å². The number of hydrogen-bond acceptors (Lipinski definition) is 2. The molecule has 0 bridgehead atoms. The Morgan fingerprint density at radius 3 is 2.43 bits per heavy atom. The number of alkyl halides is 3. The molecule has 2 rings (SSSR count). The molecule has 0 heterocycles. The monoisotopic (exact) mass is 323 g/mol. The van der Waals surface area contributed by atoms with E-state index in [9.17, 15) is 13.2 Å². The molecule has 0 aliphatic rings. The van der Waals surface area contributed by atoms with Gasteiger partial charge < -0.3 is 10.1 Å². The molecule has 0 aromatic heterocycles. The topological polar surface area (TPSA) is 21.3 Å². The molecule has 23 heavy (non-hydrogen) atoms. The zero-order valence-electron chi connectivity index (χ0n) is 13.2. The van der Waals surface area contributed by atoms with Crippen LogP contribution < -0.4 is 10.1 Å². The summed E-state index contributed by atoms with van der Waals surface area (Å²) in [5, 5.41) is 3.36. The van der Waals surface area contributed by atoms with Crippen LogP contribution in [0, 0.1) is 6.92 Å². The minimum absolute atomic E-state index is 0.148. The van der Waals surface area contributed by atoms with Gasteiger partial charge in [0.15, 0.2) is 6.61 Å². The Labute approximate surface area is 134 Å². The van der Waals surface area contributed by atoms with Gasteiger partial charge in [-0.2, -0.15) is 13.2 Å². The number of ether oxygens (including phenoxy) is 1. The van der Waals surface area contributed by atoms with Crippen LogP contribution in [0.4, 0.5) is 13.2 Å². The summed E-state index contributed by atoms with van der Waals surface area (Å²) in [5.74, 6) is 0.226.